The number of hydrogen-bond donors (Lipinski definition) is 1. The van der Waals surface area contributed by atoms with Gasteiger partial charge in [0.15, 0.2) is 0 Å². The van der Waals surface area contributed by atoms with Gasteiger partial charge in [-0.25, -0.2) is 0 Å². The van der Waals surface area contributed by atoms with E-state index in [-0.39, 0.29) is 0 Å². The minimum Gasteiger partial charge on any atom is -0.313 e. The molecule has 110 valence electrons. The summed E-state index contributed by atoms with van der Waals surface area (Å²) in [5, 5.41) is 3.67. The van der Waals surface area contributed by atoms with Gasteiger partial charge in [-0.2, -0.15) is 0 Å². The highest BCUT2D eigenvalue weighted by molar-refractivity contribution is 5.13. The van der Waals surface area contributed by atoms with Crippen LogP contribution in [-0.4, -0.2) is 13.1 Å². The molecule has 0 spiro atoms. The van der Waals surface area contributed by atoms with Gasteiger partial charge in [0.1, 0.15) is 0 Å². The van der Waals surface area contributed by atoms with Crippen molar-refractivity contribution < 1.29 is 0 Å². The van der Waals surface area contributed by atoms with Gasteiger partial charge in [0.2, 0.25) is 0 Å². The largest absolute Gasteiger partial charge is 0.313 e. The van der Waals surface area contributed by atoms with Gasteiger partial charge in [-0.05, 0) is 57.4 Å². The van der Waals surface area contributed by atoms with Crippen molar-refractivity contribution in [3.8, 4) is 0 Å². The second-order valence-electron chi connectivity index (χ2n) is 6.70. The van der Waals surface area contributed by atoms with Gasteiger partial charge in [-0.3, -0.25) is 0 Å². The first kappa shape index (κ1) is 15.1. The molecule has 3 atom stereocenters. The standard InChI is InChI=1S/C18H33N/c1-3-15-10-9-13-17(14-15)18(19-2)16-11-7-5-4-6-8-12-16/h11,15,17-19H,3-10,12-14H2,1-2H3. The summed E-state index contributed by atoms with van der Waals surface area (Å²) in [5.74, 6) is 1.89. The lowest BCUT2D eigenvalue weighted by Gasteiger charge is -2.36. The van der Waals surface area contributed by atoms with E-state index in [1.165, 1.54) is 70.6 Å². The Bertz CT molecular complexity index is 281. The van der Waals surface area contributed by atoms with Crippen LogP contribution in [0.25, 0.3) is 0 Å². The van der Waals surface area contributed by atoms with Gasteiger partial charge < -0.3 is 5.32 Å². The molecule has 1 fully saturated rings. The van der Waals surface area contributed by atoms with E-state index in [4.69, 9.17) is 0 Å². The fraction of sp³-hybridized carbons (Fsp3) is 0.889. The summed E-state index contributed by atoms with van der Waals surface area (Å²) >= 11 is 0. The minimum absolute atomic E-state index is 0.674. The monoisotopic (exact) mass is 263 g/mol. The van der Waals surface area contributed by atoms with Crippen molar-refractivity contribution in [1.82, 2.24) is 5.32 Å². The van der Waals surface area contributed by atoms with Crippen LogP contribution in [-0.2, 0) is 0 Å². The first-order valence-electron chi connectivity index (χ1n) is 8.71. The highest BCUT2D eigenvalue weighted by Crippen LogP contribution is 2.36. The molecule has 0 saturated heterocycles. The molecule has 3 unspecified atom stereocenters. The van der Waals surface area contributed by atoms with Crippen LogP contribution < -0.4 is 5.32 Å². The molecule has 2 rings (SSSR count). The molecule has 1 saturated carbocycles. The second-order valence-corrected chi connectivity index (χ2v) is 6.70. The van der Waals surface area contributed by atoms with Crippen LogP contribution in [0.15, 0.2) is 11.6 Å². The highest BCUT2D eigenvalue weighted by atomic mass is 14.9. The van der Waals surface area contributed by atoms with Crippen molar-refractivity contribution in [1.29, 1.82) is 0 Å². The first-order valence-corrected chi connectivity index (χ1v) is 8.71. The Morgan fingerprint density at radius 2 is 2.00 bits per heavy atom. The van der Waals surface area contributed by atoms with E-state index in [2.05, 4.69) is 25.4 Å². The van der Waals surface area contributed by atoms with Crippen LogP contribution in [0.1, 0.15) is 77.6 Å². The van der Waals surface area contributed by atoms with Crippen LogP contribution in [0, 0.1) is 11.8 Å². The molecule has 0 aliphatic heterocycles. The Morgan fingerprint density at radius 1 is 1.16 bits per heavy atom. The SMILES string of the molecule is CCC1CCCC(C(NC)C2=CCCCCCC2)C1. The number of hydrogen-bond acceptors (Lipinski definition) is 1. The molecule has 0 amide bonds. The van der Waals surface area contributed by atoms with Crippen molar-refractivity contribution in [3.63, 3.8) is 0 Å². The van der Waals surface area contributed by atoms with Crippen molar-refractivity contribution in [2.75, 3.05) is 7.05 Å². The molecule has 19 heavy (non-hydrogen) atoms. The Labute approximate surface area is 120 Å². The summed E-state index contributed by atoms with van der Waals surface area (Å²) in [4.78, 5) is 0. The fourth-order valence-corrected chi connectivity index (χ4v) is 4.23. The van der Waals surface area contributed by atoms with Gasteiger partial charge in [-0.15, -0.1) is 0 Å². The van der Waals surface area contributed by atoms with Crippen molar-refractivity contribution in [2.45, 2.75) is 83.6 Å². The average Bonchev–Trinajstić information content (AvgIpc) is 2.42. The van der Waals surface area contributed by atoms with Gasteiger partial charge in [-0.1, -0.05) is 50.7 Å². The lowest BCUT2D eigenvalue weighted by Crippen LogP contribution is -2.38. The molecule has 2 aliphatic carbocycles. The minimum atomic E-state index is 0.674. The first-order chi connectivity index (χ1) is 9.35. The van der Waals surface area contributed by atoms with E-state index < -0.39 is 0 Å². The Kier molecular flexibility index (Phi) is 6.43. The van der Waals surface area contributed by atoms with E-state index in [1.54, 1.807) is 5.57 Å². The Balaban J connectivity index is 2.00. The predicted octanol–water partition coefficient (Wildman–Crippen LogP) is 5.07. The zero-order chi connectivity index (χ0) is 13.5. The quantitative estimate of drug-likeness (QED) is 0.698. The number of nitrogens with one attached hydrogen (secondary N) is 1. The number of allylic oxidation sites excluding steroid dienone is 1. The molecule has 0 aromatic carbocycles. The van der Waals surface area contributed by atoms with Crippen LogP contribution in [0.2, 0.25) is 0 Å². The molecule has 1 heteroatoms. The third kappa shape index (κ3) is 4.34. The lowest BCUT2D eigenvalue weighted by molar-refractivity contribution is 0.225. The van der Waals surface area contributed by atoms with Gasteiger partial charge >= 0.3 is 0 Å². The molecule has 2 aliphatic rings. The molecular weight excluding hydrogens is 230 g/mol. The third-order valence-electron chi connectivity index (χ3n) is 5.41. The van der Waals surface area contributed by atoms with E-state index in [0.29, 0.717) is 6.04 Å². The van der Waals surface area contributed by atoms with Crippen LogP contribution in [0.4, 0.5) is 0 Å². The van der Waals surface area contributed by atoms with Gasteiger partial charge in [0.05, 0.1) is 0 Å². The molecule has 0 heterocycles. The summed E-state index contributed by atoms with van der Waals surface area (Å²) < 4.78 is 0. The van der Waals surface area contributed by atoms with Crippen LogP contribution in [0.3, 0.4) is 0 Å². The maximum Gasteiger partial charge on any atom is 0.0305 e. The Hall–Kier alpha value is -0.300. The number of rotatable bonds is 4. The number of likely N-dealkylation sites (N-methyl/N-ethyl adjacent to an activating group) is 1. The molecular formula is C18H33N. The van der Waals surface area contributed by atoms with Gasteiger partial charge in [0, 0.05) is 6.04 Å². The summed E-state index contributed by atoms with van der Waals surface area (Å²) in [6.45, 7) is 2.37. The Morgan fingerprint density at radius 3 is 2.79 bits per heavy atom. The fourth-order valence-electron chi connectivity index (χ4n) is 4.23. The van der Waals surface area contributed by atoms with Crippen LogP contribution >= 0.6 is 0 Å². The lowest BCUT2D eigenvalue weighted by atomic mass is 9.74. The molecule has 0 bridgehead atoms. The van der Waals surface area contributed by atoms with Crippen molar-refractivity contribution >= 4 is 0 Å². The zero-order valence-corrected chi connectivity index (χ0v) is 13.1. The molecule has 0 aromatic heterocycles. The van der Waals surface area contributed by atoms with Crippen molar-refractivity contribution in [3.05, 3.63) is 11.6 Å². The highest BCUT2D eigenvalue weighted by Gasteiger charge is 2.28. The average molecular weight is 263 g/mol. The summed E-state index contributed by atoms with van der Waals surface area (Å²) in [6.07, 6.45) is 18.1. The third-order valence-corrected chi connectivity index (χ3v) is 5.41. The van der Waals surface area contributed by atoms with E-state index in [1.807, 2.05) is 0 Å². The van der Waals surface area contributed by atoms with E-state index >= 15 is 0 Å². The maximum atomic E-state index is 3.67. The predicted molar refractivity (Wildman–Crippen MR) is 84.4 cm³/mol. The van der Waals surface area contributed by atoms with E-state index in [0.717, 1.165) is 11.8 Å². The summed E-state index contributed by atoms with van der Waals surface area (Å²) in [7, 11) is 2.18. The normalized spacial score (nSPS) is 31.2. The van der Waals surface area contributed by atoms with Crippen LogP contribution in [0.5, 0.6) is 0 Å². The topological polar surface area (TPSA) is 12.0 Å². The molecule has 0 aromatic rings. The summed E-state index contributed by atoms with van der Waals surface area (Å²) in [5.41, 5.74) is 1.74. The maximum absolute atomic E-state index is 3.67. The van der Waals surface area contributed by atoms with Crippen molar-refractivity contribution in [2.24, 2.45) is 11.8 Å². The summed E-state index contributed by atoms with van der Waals surface area (Å²) in [6, 6.07) is 0.674. The smallest absolute Gasteiger partial charge is 0.0305 e. The molecule has 0 radical (unpaired) electrons. The zero-order valence-electron chi connectivity index (χ0n) is 13.1. The van der Waals surface area contributed by atoms with Gasteiger partial charge in [0.25, 0.3) is 0 Å². The molecule has 1 N–H and O–H groups in total. The van der Waals surface area contributed by atoms with E-state index in [9.17, 15) is 0 Å². The molecule has 1 nitrogen and oxygen atoms in total. The second kappa shape index (κ2) is 8.09.